The van der Waals surface area contributed by atoms with E-state index in [1.54, 1.807) is 11.3 Å². The van der Waals surface area contributed by atoms with Crippen LogP contribution < -0.4 is 5.32 Å². The van der Waals surface area contributed by atoms with E-state index in [4.69, 9.17) is 0 Å². The van der Waals surface area contributed by atoms with Crippen LogP contribution in [-0.4, -0.2) is 11.5 Å². The lowest BCUT2D eigenvalue weighted by atomic mass is 9.70. The zero-order valence-corrected chi connectivity index (χ0v) is 11.0. The molecule has 0 radical (unpaired) electrons. The number of hydrogen-bond acceptors (Lipinski definition) is 3. The first-order chi connectivity index (χ1) is 6.68. The zero-order valence-electron chi connectivity index (χ0n) is 9.38. The van der Waals surface area contributed by atoms with E-state index < -0.39 is 0 Å². The minimum Gasteiger partial charge on any atom is -0.311 e. The van der Waals surface area contributed by atoms with Gasteiger partial charge in [-0.05, 0) is 25.2 Å². The highest BCUT2D eigenvalue weighted by molar-refractivity contribution is 7.09. The molecule has 15 heavy (non-hydrogen) atoms. The summed E-state index contributed by atoms with van der Waals surface area (Å²) in [4.78, 5) is 4.43. The van der Waals surface area contributed by atoms with E-state index in [1.807, 2.05) is 0 Å². The van der Waals surface area contributed by atoms with Gasteiger partial charge in [-0.3, -0.25) is 0 Å². The van der Waals surface area contributed by atoms with Gasteiger partial charge in [0, 0.05) is 18.5 Å². The third-order valence-corrected chi connectivity index (χ3v) is 3.91. The van der Waals surface area contributed by atoms with E-state index >= 15 is 0 Å². The molecular formula is C11H19ClN2S. The van der Waals surface area contributed by atoms with Crippen LogP contribution >= 0.6 is 23.7 Å². The third kappa shape index (κ3) is 3.44. The second kappa shape index (κ2) is 5.28. The van der Waals surface area contributed by atoms with Gasteiger partial charge in [0.1, 0.15) is 0 Å². The topological polar surface area (TPSA) is 24.9 Å². The number of aromatic nitrogens is 1. The molecule has 1 saturated carbocycles. The molecule has 1 aromatic heterocycles. The molecule has 0 spiro atoms. The smallest absolute Gasteiger partial charge is 0.0897 e. The van der Waals surface area contributed by atoms with Crippen molar-refractivity contribution >= 4 is 23.7 Å². The summed E-state index contributed by atoms with van der Waals surface area (Å²) in [6.45, 7) is 6.50. The maximum Gasteiger partial charge on any atom is 0.0897 e. The van der Waals surface area contributed by atoms with E-state index in [0.29, 0.717) is 5.41 Å². The highest BCUT2D eigenvalue weighted by Gasteiger charge is 2.30. The molecule has 0 amide bonds. The molecule has 0 aliphatic heterocycles. The van der Waals surface area contributed by atoms with E-state index in [0.717, 1.165) is 18.1 Å². The Kier molecular flexibility index (Phi) is 4.56. The lowest BCUT2D eigenvalue weighted by molar-refractivity contribution is 0.156. The van der Waals surface area contributed by atoms with Gasteiger partial charge in [-0.2, -0.15) is 0 Å². The summed E-state index contributed by atoms with van der Waals surface area (Å²) in [6.07, 6.45) is 4.18. The first-order valence-corrected chi connectivity index (χ1v) is 6.18. The maximum atomic E-state index is 4.43. The average Bonchev–Trinajstić information content (AvgIpc) is 2.49. The van der Waals surface area contributed by atoms with Crippen LogP contribution in [0.15, 0.2) is 5.38 Å². The monoisotopic (exact) mass is 246 g/mol. The molecule has 0 aromatic carbocycles. The fourth-order valence-electron chi connectivity index (χ4n) is 1.94. The number of nitrogens with one attached hydrogen (secondary N) is 1. The van der Waals surface area contributed by atoms with Crippen LogP contribution in [0.4, 0.5) is 0 Å². The number of hydrogen-bond donors (Lipinski definition) is 1. The molecule has 0 unspecified atom stereocenters. The van der Waals surface area contributed by atoms with Crippen molar-refractivity contribution < 1.29 is 0 Å². The standard InChI is InChI=1S/C11H18N2S.ClH/c1-9-13-10(7-14-9)6-12-8-11(2)4-3-5-11;/h7,12H,3-6,8H2,1-2H3;1H. The van der Waals surface area contributed by atoms with Crippen molar-refractivity contribution in [3.05, 3.63) is 16.1 Å². The van der Waals surface area contributed by atoms with Gasteiger partial charge in [-0.15, -0.1) is 23.7 Å². The zero-order chi connectivity index (χ0) is 10.0. The predicted molar refractivity (Wildman–Crippen MR) is 67.8 cm³/mol. The van der Waals surface area contributed by atoms with Crippen molar-refractivity contribution in [2.24, 2.45) is 5.41 Å². The van der Waals surface area contributed by atoms with Crippen LogP contribution in [0.2, 0.25) is 0 Å². The van der Waals surface area contributed by atoms with Gasteiger partial charge >= 0.3 is 0 Å². The minimum atomic E-state index is 0. The SMILES string of the molecule is Cc1nc(CNCC2(C)CCC2)cs1.Cl. The van der Waals surface area contributed by atoms with Crippen LogP contribution in [0.5, 0.6) is 0 Å². The molecule has 1 fully saturated rings. The molecule has 0 atom stereocenters. The highest BCUT2D eigenvalue weighted by atomic mass is 35.5. The summed E-state index contributed by atoms with van der Waals surface area (Å²) in [5, 5.41) is 6.81. The molecule has 2 rings (SSSR count). The van der Waals surface area contributed by atoms with Crippen molar-refractivity contribution in [1.29, 1.82) is 0 Å². The quantitative estimate of drug-likeness (QED) is 0.883. The van der Waals surface area contributed by atoms with Crippen LogP contribution in [0.25, 0.3) is 0 Å². The first-order valence-electron chi connectivity index (χ1n) is 5.30. The number of nitrogens with zero attached hydrogens (tertiary/aromatic N) is 1. The Morgan fingerprint density at radius 1 is 1.53 bits per heavy atom. The molecule has 2 nitrogen and oxygen atoms in total. The van der Waals surface area contributed by atoms with Crippen molar-refractivity contribution in [3.8, 4) is 0 Å². The Morgan fingerprint density at radius 2 is 2.27 bits per heavy atom. The maximum absolute atomic E-state index is 4.43. The third-order valence-electron chi connectivity index (χ3n) is 3.09. The average molecular weight is 247 g/mol. The fraction of sp³-hybridized carbons (Fsp3) is 0.727. The van der Waals surface area contributed by atoms with Gasteiger partial charge in [0.15, 0.2) is 0 Å². The van der Waals surface area contributed by atoms with Gasteiger partial charge in [0.25, 0.3) is 0 Å². The second-order valence-corrected chi connectivity index (χ2v) is 5.69. The van der Waals surface area contributed by atoms with Crippen LogP contribution in [-0.2, 0) is 6.54 Å². The minimum absolute atomic E-state index is 0. The Hall–Kier alpha value is -0.120. The first kappa shape index (κ1) is 12.9. The van der Waals surface area contributed by atoms with Crippen LogP contribution in [0.3, 0.4) is 0 Å². The van der Waals surface area contributed by atoms with Crippen LogP contribution in [0, 0.1) is 12.3 Å². The molecule has 4 heteroatoms. The highest BCUT2D eigenvalue weighted by Crippen LogP contribution is 2.39. The van der Waals surface area contributed by atoms with Gasteiger partial charge in [0.2, 0.25) is 0 Å². The molecule has 0 bridgehead atoms. The van der Waals surface area contributed by atoms with Crippen molar-refractivity contribution in [2.75, 3.05) is 6.54 Å². The Morgan fingerprint density at radius 3 is 2.73 bits per heavy atom. The molecular weight excluding hydrogens is 228 g/mol. The van der Waals surface area contributed by atoms with Gasteiger partial charge < -0.3 is 5.32 Å². The lowest BCUT2D eigenvalue weighted by Gasteiger charge is -2.38. The summed E-state index contributed by atoms with van der Waals surface area (Å²) in [7, 11) is 0. The lowest BCUT2D eigenvalue weighted by Crippen LogP contribution is -2.37. The molecule has 0 saturated heterocycles. The van der Waals surface area contributed by atoms with E-state index in [2.05, 4.69) is 29.5 Å². The molecule has 1 heterocycles. The number of aryl methyl sites for hydroxylation is 1. The Bertz CT molecular complexity index is 307. The Labute approximate surface area is 102 Å². The summed E-state index contributed by atoms with van der Waals surface area (Å²) >= 11 is 1.73. The van der Waals surface area contributed by atoms with Gasteiger partial charge in [0.05, 0.1) is 10.7 Å². The van der Waals surface area contributed by atoms with Crippen molar-refractivity contribution in [3.63, 3.8) is 0 Å². The van der Waals surface area contributed by atoms with E-state index in [1.165, 1.54) is 25.0 Å². The summed E-state index contributed by atoms with van der Waals surface area (Å²) in [6, 6.07) is 0. The number of rotatable bonds is 4. The number of halogens is 1. The van der Waals surface area contributed by atoms with E-state index in [-0.39, 0.29) is 12.4 Å². The number of thiazole rings is 1. The van der Waals surface area contributed by atoms with E-state index in [9.17, 15) is 0 Å². The fourth-order valence-corrected chi connectivity index (χ4v) is 2.55. The van der Waals surface area contributed by atoms with Gasteiger partial charge in [-0.1, -0.05) is 13.3 Å². The molecule has 86 valence electrons. The largest absolute Gasteiger partial charge is 0.311 e. The summed E-state index contributed by atoms with van der Waals surface area (Å²) in [5.41, 5.74) is 1.76. The molecule has 1 aliphatic carbocycles. The summed E-state index contributed by atoms with van der Waals surface area (Å²) in [5.74, 6) is 0. The summed E-state index contributed by atoms with van der Waals surface area (Å²) < 4.78 is 0. The molecule has 1 aromatic rings. The molecule has 1 N–H and O–H groups in total. The predicted octanol–water partition coefficient (Wildman–Crippen LogP) is 3.15. The normalized spacial score (nSPS) is 18.0. The van der Waals surface area contributed by atoms with Crippen LogP contribution in [0.1, 0.15) is 36.9 Å². The van der Waals surface area contributed by atoms with Gasteiger partial charge in [-0.25, -0.2) is 4.98 Å². The molecule has 1 aliphatic rings. The second-order valence-electron chi connectivity index (χ2n) is 4.63. The Balaban J connectivity index is 0.00000112. The van der Waals surface area contributed by atoms with Crippen molar-refractivity contribution in [1.82, 2.24) is 10.3 Å². The van der Waals surface area contributed by atoms with Crippen molar-refractivity contribution in [2.45, 2.75) is 39.7 Å².